The Balaban J connectivity index is 1.99. The highest BCUT2D eigenvalue weighted by atomic mass is 16.5. The van der Waals surface area contributed by atoms with Gasteiger partial charge in [-0.15, -0.1) is 0 Å². The summed E-state index contributed by atoms with van der Waals surface area (Å²) in [6.45, 7) is 5.14. The average molecular weight is 267 g/mol. The summed E-state index contributed by atoms with van der Waals surface area (Å²) in [7, 11) is 0. The molecule has 0 saturated heterocycles. The predicted octanol–water partition coefficient (Wildman–Crippen LogP) is 3.34. The number of amides is 1. The number of benzene rings is 2. The smallest absolute Gasteiger partial charge is 0.258 e. The molecule has 3 rings (SSSR count). The number of ether oxygens (including phenoxy) is 1. The fourth-order valence-electron chi connectivity index (χ4n) is 2.63. The molecule has 0 spiro atoms. The topological polar surface area (TPSA) is 29.5 Å². The van der Waals surface area contributed by atoms with Gasteiger partial charge in [-0.1, -0.05) is 29.3 Å². The normalized spacial score (nSPS) is 13.6. The molecule has 3 nitrogen and oxygen atoms in total. The monoisotopic (exact) mass is 267 g/mol. The second-order valence-corrected chi connectivity index (χ2v) is 5.15. The van der Waals surface area contributed by atoms with E-state index in [4.69, 9.17) is 4.74 Å². The van der Waals surface area contributed by atoms with Gasteiger partial charge in [-0.3, -0.25) is 4.79 Å². The predicted molar refractivity (Wildman–Crippen MR) is 79.5 cm³/mol. The second kappa shape index (κ2) is 5.00. The molecule has 0 radical (unpaired) electrons. The molecule has 0 saturated carbocycles. The molecule has 0 bridgehead atoms. The van der Waals surface area contributed by atoms with Crippen LogP contribution in [-0.2, 0) is 0 Å². The number of fused-ring (bicyclic) bond motifs is 1. The maximum Gasteiger partial charge on any atom is 0.258 e. The number of hydrogen-bond donors (Lipinski definition) is 0. The Morgan fingerprint density at radius 2 is 1.80 bits per heavy atom. The molecule has 1 amide bonds. The lowest BCUT2D eigenvalue weighted by atomic mass is 10.1. The Kier molecular flexibility index (Phi) is 3.18. The minimum absolute atomic E-state index is 0.0348. The minimum atomic E-state index is 0.0348. The van der Waals surface area contributed by atoms with E-state index in [1.54, 1.807) is 4.90 Å². The quantitative estimate of drug-likeness (QED) is 0.793. The number of para-hydroxylation sites is 2. The number of hydrogen-bond acceptors (Lipinski definition) is 2. The third kappa shape index (κ3) is 2.27. The summed E-state index contributed by atoms with van der Waals surface area (Å²) < 4.78 is 5.59. The van der Waals surface area contributed by atoms with Crippen LogP contribution in [0.1, 0.15) is 21.5 Å². The standard InChI is InChI=1S/C17H17NO2/c1-12-9-13(2)11-14(10-12)17(19)18-7-8-20-16-6-4-3-5-15(16)18/h3-6,9-11H,7-8H2,1-2H3. The first-order chi connectivity index (χ1) is 9.65. The van der Waals surface area contributed by atoms with Crippen molar-refractivity contribution in [1.82, 2.24) is 0 Å². The number of carbonyl (C=O) groups excluding carboxylic acids is 1. The molecule has 0 aromatic heterocycles. The summed E-state index contributed by atoms with van der Waals surface area (Å²) in [5.74, 6) is 0.809. The number of aryl methyl sites for hydroxylation is 2. The lowest BCUT2D eigenvalue weighted by Gasteiger charge is -2.29. The molecule has 0 unspecified atom stereocenters. The molecule has 0 atom stereocenters. The summed E-state index contributed by atoms with van der Waals surface area (Å²) >= 11 is 0. The number of rotatable bonds is 1. The highest BCUT2D eigenvalue weighted by Gasteiger charge is 2.24. The van der Waals surface area contributed by atoms with Crippen LogP contribution in [0.5, 0.6) is 5.75 Å². The Morgan fingerprint density at radius 3 is 2.55 bits per heavy atom. The molecule has 1 heterocycles. The first-order valence-corrected chi connectivity index (χ1v) is 6.77. The van der Waals surface area contributed by atoms with Crippen molar-refractivity contribution >= 4 is 11.6 Å². The van der Waals surface area contributed by atoms with Crippen LogP contribution in [0.3, 0.4) is 0 Å². The largest absolute Gasteiger partial charge is 0.490 e. The molecule has 2 aromatic rings. The molecule has 0 aliphatic carbocycles. The SMILES string of the molecule is Cc1cc(C)cc(C(=O)N2CCOc3ccccc32)c1. The molecule has 2 aromatic carbocycles. The summed E-state index contributed by atoms with van der Waals surface area (Å²) in [5.41, 5.74) is 3.80. The molecular weight excluding hydrogens is 250 g/mol. The van der Waals surface area contributed by atoms with Crippen LogP contribution in [-0.4, -0.2) is 19.1 Å². The zero-order valence-electron chi connectivity index (χ0n) is 11.7. The van der Waals surface area contributed by atoms with E-state index in [0.29, 0.717) is 13.2 Å². The van der Waals surface area contributed by atoms with Crippen molar-refractivity contribution in [2.24, 2.45) is 0 Å². The van der Waals surface area contributed by atoms with Crippen molar-refractivity contribution in [3.63, 3.8) is 0 Å². The first-order valence-electron chi connectivity index (χ1n) is 6.77. The minimum Gasteiger partial charge on any atom is -0.490 e. The molecule has 102 valence electrons. The van der Waals surface area contributed by atoms with E-state index in [-0.39, 0.29) is 5.91 Å². The van der Waals surface area contributed by atoms with E-state index in [2.05, 4.69) is 6.07 Å². The van der Waals surface area contributed by atoms with Gasteiger partial charge in [0.1, 0.15) is 12.4 Å². The fraction of sp³-hybridized carbons (Fsp3) is 0.235. The van der Waals surface area contributed by atoms with Gasteiger partial charge >= 0.3 is 0 Å². The van der Waals surface area contributed by atoms with Crippen LogP contribution in [0.4, 0.5) is 5.69 Å². The molecule has 1 aliphatic heterocycles. The van der Waals surface area contributed by atoms with Gasteiger partial charge in [0.25, 0.3) is 5.91 Å². The number of nitrogens with zero attached hydrogens (tertiary/aromatic N) is 1. The van der Waals surface area contributed by atoms with Crippen molar-refractivity contribution in [1.29, 1.82) is 0 Å². The fourth-order valence-corrected chi connectivity index (χ4v) is 2.63. The van der Waals surface area contributed by atoms with Crippen molar-refractivity contribution in [3.8, 4) is 5.75 Å². The Hall–Kier alpha value is -2.29. The lowest BCUT2D eigenvalue weighted by molar-refractivity contribution is 0.0976. The second-order valence-electron chi connectivity index (χ2n) is 5.15. The lowest BCUT2D eigenvalue weighted by Crippen LogP contribution is -2.38. The van der Waals surface area contributed by atoms with Crippen LogP contribution in [0, 0.1) is 13.8 Å². The van der Waals surface area contributed by atoms with E-state index in [0.717, 1.165) is 28.1 Å². The van der Waals surface area contributed by atoms with E-state index in [9.17, 15) is 4.79 Å². The van der Waals surface area contributed by atoms with Crippen LogP contribution in [0.15, 0.2) is 42.5 Å². The van der Waals surface area contributed by atoms with E-state index < -0.39 is 0 Å². The van der Waals surface area contributed by atoms with Crippen LogP contribution in [0.25, 0.3) is 0 Å². The molecule has 1 aliphatic rings. The van der Waals surface area contributed by atoms with Gasteiger partial charge in [-0.05, 0) is 38.1 Å². The van der Waals surface area contributed by atoms with Crippen molar-refractivity contribution < 1.29 is 9.53 Å². The van der Waals surface area contributed by atoms with E-state index in [1.165, 1.54) is 0 Å². The van der Waals surface area contributed by atoms with Gasteiger partial charge in [0.15, 0.2) is 0 Å². The summed E-state index contributed by atoms with van der Waals surface area (Å²) in [6, 6.07) is 13.6. The van der Waals surface area contributed by atoms with Crippen LogP contribution < -0.4 is 9.64 Å². The van der Waals surface area contributed by atoms with Gasteiger partial charge in [0, 0.05) is 5.56 Å². The number of carbonyl (C=O) groups is 1. The third-order valence-corrected chi connectivity index (χ3v) is 3.44. The molecule has 0 fully saturated rings. The van der Waals surface area contributed by atoms with Crippen molar-refractivity contribution in [3.05, 3.63) is 59.2 Å². The van der Waals surface area contributed by atoms with Crippen LogP contribution >= 0.6 is 0 Å². The van der Waals surface area contributed by atoms with Gasteiger partial charge in [-0.25, -0.2) is 0 Å². The third-order valence-electron chi connectivity index (χ3n) is 3.44. The van der Waals surface area contributed by atoms with E-state index in [1.807, 2.05) is 50.2 Å². The molecule has 3 heteroatoms. The molecule has 0 N–H and O–H groups in total. The summed E-state index contributed by atoms with van der Waals surface area (Å²) in [5, 5.41) is 0. The van der Waals surface area contributed by atoms with Crippen molar-refractivity contribution in [2.45, 2.75) is 13.8 Å². The first kappa shape index (κ1) is 12.7. The Bertz CT molecular complexity index is 644. The van der Waals surface area contributed by atoms with Gasteiger partial charge < -0.3 is 9.64 Å². The Labute approximate surface area is 118 Å². The summed E-state index contributed by atoms with van der Waals surface area (Å²) in [4.78, 5) is 14.5. The highest BCUT2D eigenvalue weighted by molar-refractivity contribution is 6.07. The van der Waals surface area contributed by atoms with Gasteiger partial charge in [0.2, 0.25) is 0 Å². The maximum absolute atomic E-state index is 12.7. The summed E-state index contributed by atoms with van der Waals surface area (Å²) in [6.07, 6.45) is 0. The Morgan fingerprint density at radius 1 is 1.10 bits per heavy atom. The van der Waals surface area contributed by atoms with Gasteiger partial charge in [-0.2, -0.15) is 0 Å². The highest BCUT2D eigenvalue weighted by Crippen LogP contribution is 2.32. The van der Waals surface area contributed by atoms with Crippen LogP contribution in [0.2, 0.25) is 0 Å². The van der Waals surface area contributed by atoms with Gasteiger partial charge in [0.05, 0.1) is 12.2 Å². The van der Waals surface area contributed by atoms with E-state index >= 15 is 0 Å². The molecular formula is C17H17NO2. The zero-order chi connectivity index (χ0) is 14.1. The number of anilines is 1. The average Bonchev–Trinajstić information content (AvgIpc) is 2.45. The maximum atomic E-state index is 12.7. The molecule has 20 heavy (non-hydrogen) atoms. The van der Waals surface area contributed by atoms with Crippen molar-refractivity contribution in [2.75, 3.05) is 18.1 Å². The zero-order valence-corrected chi connectivity index (χ0v) is 11.7.